The molecule has 3 rings (SSSR count). The van der Waals surface area contributed by atoms with Crippen LogP contribution in [0.4, 0.5) is 5.82 Å². The highest BCUT2D eigenvalue weighted by atomic mass is 16.5. The molecular weight excluding hydrogens is 362 g/mol. The quantitative estimate of drug-likeness (QED) is 0.637. The van der Waals surface area contributed by atoms with Crippen molar-refractivity contribution < 1.29 is 9.47 Å². The number of benzene rings is 2. The molecule has 0 bridgehead atoms. The molecule has 148 valence electrons. The van der Waals surface area contributed by atoms with E-state index >= 15 is 0 Å². The Morgan fingerprint density at radius 3 is 2.31 bits per heavy atom. The molecule has 3 aromatic rings. The number of hydrogen-bond acceptors (Lipinski definition) is 5. The van der Waals surface area contributed by atoms with Gasteiger partial charge in [-0.2, -0.15) is 5.26 Å². The normalized spacial score (nSPS) is 10.6. The molecule has 1 aromatic heterocycles. The third-order valence-electron chi connectivity index (χ3n) is 4.75. The van der Waals surface area contributed by atoms with E-state index in [2.05, 4.69) is 37.0 Å². The van der Waals surface area contributed by atoms with Gasteiger partial charge < -0.3 is 15.2 Å². The fraction of sp³-hybridized carbons (Fsp3) is 0.250. The topological polar surface area (TPSA) is 81.2 Å². The molecule has 0 aliphatic rings. The summed E-state index contributed by atoms with van der Waals surface area (Å²) < 4.78 is 10.9. The zero-order chi connectivity index (χ0) is 21.0. The second kappa shape index (κ2) is 8.66. The summed E-state index contributed by atoms with van der Waals surface area (Å²) in [6.45, 7) is 4.40. The predicted octanol–water partition coefficient (Wildman–Crippen LogP) is 5.09. The number of anilines is 1. The number of nitrogens with two attached hydrogens (primary N) is 1. The van der Waals surface area contributed by atoms with Crippen molar-refractivity contribution in [2.75, 3.05) is 20.0 Å². The van der Waals surface area contributed by atoms with Crippen LogP contribution in [-0.2, 0) is 6.42 Å². The third-order valence-corrected chi connectivity index (χ3v) is 4.75. The molecule has 0 radical (unpaired) electrons. The van der Waals surface area contributed by atoms with E-state index in [9.17, 15) is 5.26 Å². The number of nitrogen functional groups attached to an aromatic ring is 1. The van der Waals surface area contributed by atoms with Gasteiger partial charge in [0, 0.05) is 16.7 Å². The second-order valence-corrected chi connectivity index (χ2v) is 7.29. The maximum Gasteiger partial charge on any atom is 0.142 e. The lowest BCUT2D eigenvalue weighted by atomic mass is 9.96. The Bertz CT molecular complexity index is 1050. The van der Waals surface area contributed by atoms with Gasteiger partial charge in [0.05, 0.1) is 19.9 Å². The van der Waals surface area contributed by atoms with E-state index in [4.69, 9.17) is 15.2 Å². The average Bonchev–Trinajstić information content (AvgIpc) is 2.72. The highest BCUT2D eigenvalue weighted by Gasteiger charge is 2.17. The van der Waals surface area contributed by atoms with Crippen LogP contribution in [0.5, 0.6) is 11.5 Å². The van der Waals surface area contributed by atoms with Crippen LogP contribution in [-0.4, -0.2) is 19.2 Å². The number of hydrogen-bond donors (Lipinski definition) is 1. The zero-order valence-corrected chi connectivity index (χ0v) is 17.2. The first-order valence-corrected chi connectivity index (χ1v) is 9.49. The molecule has 0 aliphatic carbocycles. The standard InChI is InChI=1S/C24H25N3O2/c1-15(2)11-16-5-7-17(8-6-16)22-13-19(21(14-25)24(26)27-22)20-12-18(28-3)9-10-23(20)29-4/h5-10,12-13,15H,11H2,1-4H3,(H2,26,27). The molecule has 0 saturated heterocycles. The van der Waals surface area contributed by atoms with Crippen molar-refractivity contribution in [2.24, 2.45) is 5.92 Å². The number of pyridine rings is 1. The monoisotopic (exact) mass is 387 g/mol. The average molecular weight is 387 g/mol. The molecule has 0 aliphatic heterocycles. The van der Waals surface area contributed by atoms with Gasteiger partial charge in [-0.05, 0) is 42.2 Å². The van der Waals surface area contributed by atoms with Crippen LogP contribution < -0.4 is 15.2 Å². The minimum Gasteiger partial charge on any atom is -0.497 e. The van der Waals surface area contributed by atoms with Crippen molar-refractivity contribution in [1.29, 1.82) is 5.26 Å². The first-order chi connectivity index (χ1) is 14.0. The number of aromatic nitrogens is 1. The Balaban J connectivity index is 2.15. The lowest BCUT2D eigenvalue weighted by Crippen LogP contribution is -2.01. The molecule has 0 fully saturated rings. The Morgan fingerprint density at radius 2 is 1.72 bits per heavy atom. The van der Waals surface area contributed by atoms with Gasteiger partial charge in [-0.3, -0.25) is 0 Å². The van der Waals surface area contributed by atoms with E-state index in [0.29, 0.717) is 34.2 Å². The van der Waals surface area contributed by atoms with Gasteiger partial charge in [0.1, 0.15) is 28.9 Å². The Kier molecular flexibility index (Phi) is 6.04. The van der Waals surface area contributed by atoms with Gasteiger partial charge in [-0.1, -0.05) is 38.1 Å². The van der Waals surface area contributed by atoms with E-state index < -0.39 is 0 Å². The number of methoxy groups -OCH3 is 2. The summed E-state index contributed by atoms with van der Waals surface area (Å²) in [6.07, 6.45) is 1.02. The molecular formula is C24H25N3O2. The summed E-state index contributed by atoms with van der Waals surface area (Å²) in [5.74, 6) is 2.08. The first-order valence-electron chi connectivity index (χ1n) is 9.49. The van der Waals surface area contributed by atoms with Gasteiger partial charge in [0.25, 0.3) is 0 Å². The number of nitrogens with zero attached hydrogens (tertiary/aromatic N) is 2. The molecule has 2 aromatic carbocycles. The van der Waals surface area contributed by atoms with Crippen LogP contribution in [0.15, 0.2) is 48.5 Å². The van der Waals surface area contributed by atoms with Gasteiger partial charge in [0.15, 0.2) is 0 Å². The SMILES string of the molecule is COc1ccc(OC)c(-c2cc(-c3ccc(CC(C)C)cc3)nc(N)c2C#N)c1. The molecule has 0 unspecified atom stereocenters. The van der Waals surface area contributed by atoms with Crippen molar-refractivity contribution in [3.8, 4) is 40.0 Å². The lowest BCUT2D eigenvalue weighted by Gasteiger charge is -2.14. The zero-order valence-electron chi connectivity index (χ0n) is 17.2. The van der Waals surface area contributed by atoms with Gasteiger partial charge in [0.2, 0.25) is 0 Å². The summed E-state index contributed by atoms with van der Waals surface area (Å²) >= 11 is 0. The summed E-state index contributed by atoms with van der Waals surface area (Å²) in [4.78, 5) is 4.47. The minimum atomic E-state index is 0.191. The summed E-state index contributed by atoms with van der Waals surface area (Å²) in [5.41, 5.74) is 10.8. The second-order valence-electron chi connectivity index (χ2n) is 7.29. The molecule has 0 spiro atoms. The number of ether oxygens (including phenoxy) is 2. The van der Waals surface area contributed by atoms with Crippen LogP contribution in [0.1, 0.15) is 25.0 Å². The van der Waals surface area contributed by atoms with E-state index in [1.807, 2.05) is 36.4 Å². The largest absolute Gasteiger partial charge is 0.497 e. The van der Waals surface area contributed by atoms with E-state index in [0.717, 1.165) is 17.5 Å². The summed E-state index contributed by atoms with van der Waals surface area (Å²) in [6, 6.07) is 17.8. The van der Waals surface area contributed by atoms with Gasteiger partial charge >= 0.3 is 0 Å². The van der Waals surface area contributed by atoms with Crippen molar-refractivity contribution in [3.63, 3.8) is 0 Å². The number of nitriles is 1. The number of rotatable bonds is 6. The smallest absolute Gasteiger partial charge is 0.142 e. The minimum absolute atomic E-state index is 0.191. The van der Waals surface area contributed by atoms with E-state index in [1.54, 1.807) is 14.2 Å². The van der Waals surface area contributed by atoms with Crippen molar-refractivity contribution in [3.05, 3.63) is 59.7 Å². The predicted molar refractivity (Wildman–Crippen MR) is 116 cm³/mol. The summed E-state index contributed by atoms with van der Waals surface area (Å²) in [7, 11) is 3.19. The van der Waals surface area contributed by atoms with Crippen LogP contribution in [0.25, 0.3) is 22.4 Å². The van der Waals surface area contributed by atoms with Crippen molar-refractivity contribution >= 4 is 5.82 Å². The van der Waals surface area contributed by atoms with E-state index in [-0.39, 0.29) is 5.82 Å². The molecule has 29 heavy (non-hydrogen) atoms. The van der Waals surface area contributed by atoms with Crippen molar-refractivity contribution in [1.82, 2.24) is 4.98 Å². The maximum atomic E-state index is 9.69. The van der Waals surface area contributed by atoms with E-state index in [1.165, 1.54) is 5.56 Å². The molecule has 5 nitrogen and oxygen atoms in total. The van der Waals surface area contributed by atoms with Crippen molar-refractivity contribution in [2.45, 2.75) is 20.3 Å². The fourth-order valence-corrected chi connectivity index (χ4v) is 3.35. The van der Waals surface area contributed by atoms with Crippen LogP contribution in [0.3, 0.4) is 0 Å². The summed E-state index contributed by atoms with van der Waals surface area (Å²) in [5, 5.41) is 9.69. The molecule has 1 heterocycles. The van der Waals surface area contributed by atoms with Gasteiger partial charge in [-0.25, -0.2) is 4.98 Å². The fourth-order valence-electron chi connectivity index (χ4n) is 3.35. The Hall–Kier alpha value is -3.52. The molecule has 0 atom stereocenters. The molecule has 2 N–H and O–H groups in total. The Morgan fingerprint density at radius 1 is 1.00 bits per heavy atom. The third kappa shape index (κ3) is 4.33. The van der Waals surface area contributed by atoms with Crippen LogP contribution >= 0.6 is 0 Å². The highest BCUT2D eigenvalue weighted by Crippen LogP contribution is 2.38. The highest BCUT2D eigenvalue weighted by molar-refractivity contribution is 5.83. The van der Waals surface area contributed by atoms with Crippen LogP contribution in [0.2, 0.25) is 0 Å². The maximum absolute atomic E-state index is 9.69. The van der Waals surface area contributed by atoms with Crippen LogP contribution in [0, 0.1) is 17.2 Å². The molecule has 0 amide bonds. The molecule has 0 saturated carbocycles. The van der Waals surface area contributed by atoms with Gasteiger partial charge in [-0.15, -0.1) is 0 Å². The first kappa shape index (κ1) is 20.2. The Labute approximate surface area is 171 Å². The molecule has 5 heteroatoms. The lowest BCUT2D eigenvalue weighted by molar-refractivity contribution is 0.404.